The van der Waals surface area contributed by atoms with E-state index in [-0.39, 0.29) is 11.9 Å². The summed E-state index contributed by atoms with van der Waals surface area (Å²) < 4.78 is 10.6. The second-order valence-electron chi connectivity index (χ2n) is 5.76. The van der Waals surface area contributed by atoms with Crippen LogP contribution < -0.4 is 15.0 Å². The first-order valence-corrected chi connectivity index (χ1v) is 8.02. The minimum Gasteiger partial charge on any atom is -0.477 e. The molecule has 0 saturated carbocycles. The molecule has 0 radical (unpaired) electrons. The lowest BCUT2D eigenvalue weighted by molar-refractivity contribution is -0.127. The molecule has 0 bridgehead atoms. The largest absolute Gasteiger partial charge is 0.477 e. The molecule has 0 aromatic heterocycles. The molecule has 0 fully saturated rings. The Balaban J connectivity index is 1.88. The molecule has 130 valence electrons. The summed E-state index contributed by atoms with van der Waals surface area (Å²) in [6.45, 7) is 0.984. The highest BCUT2D eigenvalue weighted by molar-refractivity contribution is 5.89. The SMILES string of the molecule is CNC(=O)[C@H]1CN(Cc2cccc(C(=O)OC)c2)c2ccccc2O1. The van der Waals surface area contributed by atoms with Gasteiger partial charge in [0.1, 0.15) is 5.75 Å². The van der Waals surface area contributed by atoms with E-state index in [0.29, 0.717) is 24.4 Å². The highest BCUT2D eigenvalue weighted by atomic mass is 16.5. The molecule has 6 nitrogen and oxygen atoms in total. The Kier molecular flexibility index (Phi) is 4.88. The van der Waals surface area contributed by atoms with Crippen molar-refractivity contribution >= 4 is 17.6 Å². The van der Waals surface area contributed by atoms with Crippen LogP contribution in [-0.4, -0.2) is 38.7 Å². The number of fused-ring (bicyclic) bond motifs is 1. The van der Waals surface area contributed by atoms with Crippen molar-refractivity contribution in [2.24, 2.45) is 0 Å². The Morgan fingerprint density at radius 1 is 1.24 bits per heavy atom. The minimum atomic E-state index is -0.580. The van der Waals surface area contributed by atoms with Crippen molar-refractivity contribution in [3.05, 3.63) is 59.7 Å². The molecular formula is C19H20N2O4. The lowest BCUT2D eigenvalue weighted by Crippen LogP contribution is -2.47. The van der Waals surface area contributed by atoms with Crippen LogP contribution in [0.4, 0.5) is 5.69 Å². The fraction of sp³-hybridized carbons (Fsp3) is 0.263. The molecule has 2 aromatic carbocycles. The predicted octanol–water partition coefficient (Wildman–Crippen LogP) is 1.99. The van der Waals surface area contributed by atoms with Crippen LogP contribution in [-0.2, 0) is 16.1 Å². The van der Waals surface area contributed by atoms with E-state index in [9.17, 15) is 9.59 Å². The summed E-state index contributed by atoms with van der Waals surface area (Å²) in [5, 5.41) is 2.63. The number of amides is 1. The number of carbonyl (C=O) groups excluding carboxylic acids is 2. The number of anilines is 1. The van der Waals surface area contributed by atoms with Gasteiger partial charge >= 0.3 is 5.97 Å². The maximum Gasteiger partial charge on any atom is 0.337 e. The van der Waals surface area contributed by atoms with Crippen molar-refractivity contribution in [1.82, 2.24) is 5.32 Å². The molecule has 0 saturated heterocycles. The molecule has 1 aliphatic heterocycles. The first-order chi connectivity index (χ1) is 12.1. The monoisotopic (exact) mass is 340 g/mol. The number of benzene rings is 2. The predicted molar refractivity (Wildman–Crippen MR) is 93.8 cm³/mol. The van der Waals surface area contributed by atoms with Crippen molar-refractivity contribution in [3.63, 3.8) is 0 Å². The molecule has 6 heteroatoms. The molecular weight excluding hydrogens is 320 g/mol. The average Bonchev–Trinajstić information content (AvgIpc) is 2.66. The molecule has 1 atom stereocenters. The van der Waals surface area contributed by atoms with E-state index in [0.717, 1.165) is 11.3 Å². The van der Waals surface area contributed by atoms with Crippen LogP contribution in [0.2, 0.25) is 0 Å². The summed E-state index contributed by atoms with van der Waals surface area (Å²) in [6, 6.07) is 14.9. The van der Waals surface area contributed by atoms with E-state index in [1.807, 2.05) is 36.4 Å². The number of hydrogen-bond donors (Lipinski definition) is 1. The van der Waals surface area contributed by atoms with E-state index in [4.69, 9.17) is 9.47 Å². The van der Waals surface area contributed by atoms with Gasteiger partial charge in [0.25, 0.3) is 5.91 Å². The minimum absolute atomic E-state index is 0.164. The highest BCUT2D eigenvalue weighted by Gasteiger charge is 2.30. The molecule has 1 aliphatic rings. The molecule has 1 N–H and O–H groups in total. The summed E-state index contributed by atoms with van der Waals surface area (Å²) in [6.07, 6.45) is -0.580. The topological polar surface area (TPSA) is 67.9 Å². The van der Waals surface area contributed by atoms with Crippen LogP contribution in [0.3, 0.4) is 0 Å². The maximum absolute atomic E-state index is 12.0. The summed E-state index contributed by atoms with van der Waals surface area (Å²) in [5.74, 6) is 0.141. The van der Waals surface area contributed by atoms with Gasteiger partial charge in [-0.05, 0) is 29.8 Å². The third-order valence-electron chi connectivity index (χ3n) is 4.12. The van der Waals surface area contributed by atoms with Crippen LogP contribution in [0.25, 0.3) is 0 Å². The summed E-state index contributed by atoms with van der Waals surface area (Å²) in [4.78, 5) is 25.8. The third-order valence-corrected chi connectivity index (χ3v) is 4.12. The van der Waals surface area contributed by atoms with E-state index >= 15 is 0 Å². The number of ether oxygens (including phenoxy) is 2. The number of carbonyl (C=O) groups is 2. The van der Waals surface area contributed by atoms with Crippen molar-refractivity contribution in [2.45, 2.75) is 12.6 Å². The van der Waals surface area contributed by atoms with Crippen LogP contribution in [0.1, 0.15) is 15.9 Å². The van der Waals surface area contributed by atoms with Gasteiger partial charge < -0.3 is 19.7 Å². The normalized spacial score (nSPS) is 15.8. The molecule has 25 heavy (non-hydrogen) atoms. The zero-order valence-electron chi connectivity index (χ0n) is 14.2. The number of methoxy groups -OCH3 is 1. The maximum atomic E-state index is 12.0. The van der Waals surface area contributed by atoms with Gasteiger partial charge in [-0.2, -0.15) is 0 Å². The second-order valence-corrected chi connectivity index (χ2v) is 5.76. The Morgan fingerprint density at radius 3 is 2.80 bits per heavy atom. The molecule has 1 heterocycles. The summed E-state index contributed by atoms with van der Waals surface area (Å²) >= 11 is 0. The highest BCUT2D eigenvalue weighted by Crippen LogP contribution is 2.34. The Morgan fingerprint density at radius 2 is 2.04 bits per heavy atom. The Labute approximate surface area is 146 Å². The molecule has 3 rings (SSSR count). The second kappa shape index (κ2) is 7.25. The van der Waals surface area contributed by atoms with E-state index in [2.05, 4.69) is 10.2 Å². The molecule has 0 aliphatic carbocycles. The molecule has 1 amide bonds. The van der Waals surface area contributed by atoms with Crippen molar-refractivity contribution in [3.8, 4) is 5.75 Å². The number of nitrogens with one attached hydrogen (secondary N) is 1. The van der Waals surface area contributed by atoms with Gasteiger partial charge in [-0.15, -0.1) is 0 Å². The number of nitrogens with zero attached hydrogens (tertiary/aromatic N) is 1. The average molecular weight is 340 g/mol. The number of rotatable bonds is 4. The van der Waals surface area contributed by atoms with Gasteiger partial charge in [-0.25, -0.2) is 4.79 Å². The number of hydrogen-bond acceptors (Lipinski definition) is 5. The molecule has 0 unspecified atom stereocenters. The van der Waals surface area contributed by atoms with Crippen molar-refractivity contribution in [1.29, 1.82) is 0 Å². The standard InChI is InChI=1S/C19H20N2O4/c1-20-18(22)17-12-21(15-8-3-4-9-16(15)25-17)11-13-6-5-7-14(10-13)19(23)24-2/h3-10,17H,11-12H2,1-2H3,(H,20,22)/t17-/m1/s1. The number of para-hydroxylation sites is 2. The zero-order chi connectivity index (χ0) is 17.8. The zero-order valence-corrected chi connectivity index (χ0v) is 14.2. The summed E-state index contributed by atoms with van der Waals surface area (Å²) in [7, 11) is 2.96. The van der Waals surface area contributed by atoms with Crippen LogP contribution in [0, 0.1) is 0 Å². The van der Waals surface area contributed by atoms with Gasteiger partial charge in [0.05, 0.1) is 24.9 Å². The lowest BCUT2D eigenvalue weighted by atomic mass is 10.1. The Bertz CT molecular complexity index is 790. The summed E-state index contributed by atoms with van der Waals surface area (Å²) in [5.41, 5.74) is 2.38. The van der Waals surface area contributed by atoms with Gasteiger partial charge in [-0.3, -0.25) is 4.79 Å². The van der Waals surface area contributed by atoms with E-state index in [1.165, 1.54) is 7.11 Å². The lowest BCUT2D eigenvalue weighted by Gasteiger charge is -2.35. The van der Waals surface area contributed by atoms with E-state index in [1.54, 1.807) is 19.2 Å². The smallest absolute Gasteiger partial charge is 0.337 e. The van der Waals surface area contributed by atoms with Crippen molar-refractivity contribution in [2.75, 3.05) is 25.6 Å². The molecule has 2 aromatic rings. The molecule has 0 spiro atoms. The number of likely N-dealkylation sites (N-methyl/N-ethyl adjacent to an activating group) is 1. The van der Waals surface area contributed by atoms with Gasteiger partial charge in [0, 0.05) is 13.6 Å². The quantitative estimate of drug-likeness (QED) is 0.862. The Hall–Kier alpha value is -3.02. The first kappa shape index (κ1) is 16.8. The third kappa shape index (κ3) is 3.57. The van der Waals surface area contributed by atoms with Crippen molar-refractivity contribution < 1.29 is 19.1 Å². The van der Waals surface area contributed by atoms with Gasteiger partial charge in [0.2, 0.25) is 0 Å². The van der Waals surface area contributed by atoms with Crippen LogP contribution in [0.15, 0.2) is 48.5 Å². The van der Waals surface area contributed by atoms with Crippen LogP contribution in [0.5, 0.6) is 5.75 Å². The fourth-order valence-electron chi connectivity index (χ4n) is 2.89. The van der Waals surface area contributed by atoms with Gasteiger partial charge in [0.15, 0.2) is 6.10 Å². The first-order valence-electron chi connectivity index (χ1n) is 8.02. The fourth-order valence-corrected chi connectivity index (χ4v) is 2.89. The number of esters is 1. The van der Waals surface area contributed by atoms with E-state index < -0.39 is 6.10 Å². The van der Waals surface area contributed by atoms with Gasteiger partial charge in [-0.1, -0.05) is 24.3 Å². The van der Waals surface area contributed by atoms with Crippen LogP contribution >= 0.6 is 0 Å².